The number of thioether (sulfide) groups is 1. The van der Waals surface area contributed by atoms with E-state index in [2.05, 4.69) is 44.2 Å². The summed E-state index contributed by atoms with van der Waals surface area (Å²) in [5.41, 5.74) is -0.359. The first-order valence-electron chi connectivity index (χ1n) is 7.45. The predicted octanol–water partition coefficient (Wildman–Crippen LogP) is 3.10. The standard InChI is InChI=1S/C15H30N2OS/c1-7-15(5)14(18)17(9-8-12(4)19-6)13(16-15)10-11(2)3/h11-13,16H,7-10H2,1-6H3. The Morgan fingerprint density at radius 2 is 2.05 bits per heavy atom. The lowest BCUT2D eigenvalue weighted by Crippen LogP contribution is -2.44. The van der Waals surface area contributed by atoms with Gasteiger partial charge in [0.25, 0.3) is 0 Å². The van der Waals surface area contributed by atoms with Gasteiger partial charge in [-0.15, -0.1) is 0 Å². The van der Waals surface area contributed by atoms with Gasteiger partial charge in [-0.3, -0.25) is 10.1 Å². The zero-order valence-corrected chi connectivity index (χ0v) is 14.1. The fourth-order valence-corrected chi connectivity index (χ4v) is 2.89. The minimum Gasteiger partial charge on any atom is -0.325 e. The van der Waals surface area contributed by atoms with E-state index >= 15 is 0 Å². The third-order valence-electron chi connectivity index (χ3n) is 4.17. The van der Waals surface area contributed by atoms with Crippen LogP contribution in [0.3, 0.4) is 0 Å². The topological polar surface area (TPSA) is 32.3 Å². The highest BCUT2D eigenvalue weighted by Crippen LogP contribution is 2.27. The van der Waals surface area contributed by atoms with Crippen LogP contribution >= 0.6 is 11.8 Å². The van der Waals surface area contributed by atoms with E-state index in [-0.39, 0.29) is 17.6 Å². The Balaban J connectivity index is 2.74. The van der Waals surface area contributed by atoms with Crippen LogP contribution in [-0.2, 0) is 4.79 Å². The van der Waals surface area contributed by atoms with Crippen LogP contribution in [0.25, 0.3) is 0 Å². The van der Waals surface area contributed by atoms with Crippen molar-refractivity contribution >= 4 is 17.7 Å². The van der Waals surface area contributed by atoms with Gasteiger partial charge >= 0.3 is 0 Å². The molecule has 0 aromatic rings. The van der Waals surface area contributed by atoms with E-state index in [0.29, 0.717) is 11.2 Å². The Labute approximate surface area is 122 Å². The number of hydrogen-bond acceptors (Lipinski definition) is 3. The zero-order valence-electron chi connectivity index (χ0n) is 13.3. The van der Waals surface area contributed by atoms with Crippen molar-refractivity contribution in [1.82, 2.24) is 10.2 Å². The molecule has 3 atom stereocenters. The Bertz CT molecular complexity index is 309. The highest BCUT2D eigenvalue weighted by Gasteiger charge is 2.46. The van der Waals surface area contributed by atoms with Gasteiger partial charge in [-0.1, -0.05) is 27.7 Å². The molecule has 0 saturated carbocycles. The molecule has 1 heterocycles. The molecule has 1 saturated heterocycles. The molecule has 19 heavy (non-hydrogen) atoms. The minimum absolute atomic E-state index is 0.214. The van der Waals surface area contributed by atoms with Crippen molar-refractivity contribution in [2.24, 2.45) is 5.92 Å². The molecule has 0 aromatic heterocycles. The summed E-state index contributed by atoms with van der Waals surface area (Å²) in [5, 5.41) is 4.17. The normalized spacial score (nSPS) is 29.3. The highest BCUT2D eigenvalue weighted by molar-refractivity contribution is 7.99. The van der Waals surface area contributed by atoms with Crippen molar-refractivity contribution in [3.05, 3.63) is 0 Å². The van der Waals surface area contributed by atoms with Crippen molar-refractivity contribution in [1.29, 1.82) is 0 Å². The first-order valence-corrected chi connectivity index (χ1v) is 8.74. The molecule has 1 N–H and O–H groups in total. The quantitative estimate of drug-likeness (QED) is 0.780. The van der Waals surface area contributed by atoms with E-state index in [1.165, 1.54) is 0 Å². The zero-order chi connectivity index (χ0) is 14.6. The van der Waals surface area contributed by atoms with Crippen LogP contribution in [0.5, 0.6) is 0 Å². The second kappa shape index (κ2) is 6.98. The second-order valence-corrected chi connectivity index (χ2v) is 7.59. The lowest BCUT2D eigenvalue weighted by atomic mass is 9.99. The maximum atomic E-state index is 12.6. The third kappa shape index (κ3) is 4.12. The molecule has 1 fully saturated rings. The molecular formula is C15H30N2OS. The van der Waals surface area contributed by atoms with Gasteiger partial charge in [0.15, 0.2) is 0 Å². The number of amides is 1. The number of rotatable bonds is 7. The van der Waals surface area contributed by atoms with Crippen molar-refractivity contribution in [3.63, 3.8) is 0 Å². The molecule has 0 radical (unpaired) electrons. The van der Waals surface area contributed by atoms with E-state index in [1.807, 2.05) is 18.7 Å². The highest BCUT2D eigenvalue weighted by atomic mass is 32.2. The van der Waals surface area contributed by atoms with Crippen molar-refractivity contribution < 1.29 is 4.79 Å². The van der Waals surface area contributed by atoms with Crippen LogP contribution in [0.2, 0.25) is 0 Å². The van der Waals surface area contributed by atoms with Gasteiger partial charge < -0.3 is 4.90 Å². The lowest BCUT2D eigenvalue weighted by Gasteiger charge is -2.26. The Morgan fingerprint density at radius 3 is 2.53 bits per heavy atom. The SMILES string of the molecule is CCC1(C)NC(CC(C)C)N(CCC(C)SC)C1=O. The van der Waals surface area contributed by atoms with Gasteiger partial charge in [-0.05, 0) is 38.4 Å². The first-order chi connectivity index (χ1) is 8.84. The van der Waals surface area contributed by atoms with Crippen molar-refractivity contribution in [2.75, 3.05) is 12.8 Å². The average Bonchev–Trinajstić information content (AvgIpc) is 2.59. The maximum absolute atomic E-state index is 12.6. The molecule has 4 heteroatoms. The molecule has 0 spiro atoms. The van der Waals surface area contributed by atoms with Gasteiger partial charge in [0, 0.05) is 11.8 Å². The summed E-state index contributed by atoms with van der Waals surface area (Å²) in [6.45, 7) is 11.7. The number of hydrogen-bond donors (Lipinski definition) is 1. The minimum atomic E-state index is -0.359. The Hall–Kier alpha value is -0.220. The summed E-state index contributed by atoms with van der Waals surface area (Å²) in [6, 6.07) is 0. The van der Waals surface area contributed by atoms with Gasteiger partial charge in [0.2, 0.25) is 5.91 Å². The van der Waals surface area contributed by atoms with Crippen LogP contribution in [0, 0.1) is 5.92 Å². The van der Waals surface area contributed by atoms with Gasteiger partial charge in [-0.25, -0.2) is 0 Å². The first kappa shape index (κ1) is 16.8. The molecule has 112 valence electrons. The number of nitrogens with one attached hydrogen (secondary N) is 1. The van der Waals surface area contributed by atoms with Gasteiger partial charge in [-0.2, -0.15) is 11.8 Å². The summed E-state index contributed by atoms with van der Waals surface area (Å²) in [7, 11) is 0. The van der Waals surface area contributed by atoms with Crippen LogP contribution in [0.15, 0.2) is 0 Å². The second-order valence-electron chi connectivity index (χ2n) is 6.31. The number of carbonyl (C=O) groups is 1. The monoisotopic (exact) mass is 286 g/mol. The van der Waals surface area contributed by atoms with Crippen molar-refractivity contribution in [2.45, 2.75) is 70.8 Å². The molecule has 1 rings (SSSR count). The Kier molecular flexibility index (Phi) is 6.18. The van der Waals surface area contributed by atoms with E-state index in [0.717, 1.165) is 25.8 Å². The molecule has 1 amide bonds. The summed E-state index contributed by atoms with van der Waals surface area (Å²) in [6.07, 6.45) is 5.31. The van der Waals surface area contributed by atoms with Crippen LogP contribution in [0.1, 0.15) is 53.9 Å². The van der Waals surface area contributed by atoms with E-state index in [4.69, 9.17) is 0 Å². The summed E-state index contributed by atoms with van der Waals surface area (Å²) < 4.78 is 0. The lowest BCUT2D eigenvalue weighted by molar-refractivity contribution is -0.133. The smallest absolute Gasteiger partial charge is 0.243 e. The average molecular weight is 286 g/mol. The van der Waals surface area contributed by atoms with Crippen LogP contribution < -0.4 is 5.32 Å². The molecule has 0 aliphatic carbocycles. The predicted molar refractivity (Wildman–Crippen MR) is 84.4 cm³/mol. The molecule has 0 bridgehead atoms. The molecule has 3 unspecified atom stereocenters. The number of nitrogens with zero attached hydrogens (tertiary/aromatic N) is 1. The maximum Gasteiger partial charge on any atom is 0.243 e. The van der Waals surface area contributed by atoms with Gasteiger partial charge in [0.05, 0.1) is 11.7 Å². The van der Waals surface area contributed by atoms with Gasteiger partial charge in [0.1, 0.15) is 0 Å². The van der Waals surface area contributed by atoms with E-state index < -0.39 is 0 Å². The summed E-state index contributed by atoms with van der Waals surface area (Å²) in [5.74, 6) is 0.888. The summed E-state index contributed by atoms with van der Waals surface area (Å²) in [4.78, 5) is 14.7. The van der Waals surface area contributed by atoms with Crippen LogP contribution in [-0.4, -0.2) is 40.6 Å². The molecule has 3 nitrogen and oxygen atoms in total. The largest absolute Gasteiger partial charge is 0.325 e. The summed E-state index contributed by atoms with van der Waals surface area (Å²) >= 11 is 1.87. The third-order valence-corrected chi connectivity index (χ3v) is 5.22. The molecule has 0 aromatic carbocycles. The molecule has 1 aliphatic rings. The Morgan fingerprint density at radius 1 is 1.42 bits per heavy atom. The van der Waals surface area contributed by atoms with E-state index in [9.17, 15) is 4.79 Å². The number of carbonyl (C=O) groups excluding carboxylic acids is 1. The van der Waals surface area contributed by atoms with Crippen LogP contribution in [0.4, 0.5) is 0 Å². The fourth-order valence-electron chi connectivity index (χ4n) is 2.55. The van der Waals surface area contributed by atoms with E-state index in [1.54, 1.807) is 0 Å². The fraction of sp³-hybridized carbons (Fsp3) is 0.933. The molecular weight excluding hydrogens is 256 g/mol. The van der Waals surface area contributed by atoms with Crippen molar-refractivity contribution in [3.8, 4) is 0 Å². The molecule has 1 aliphatic heterocycles.